The van der Waals surface area contributed by atoms with Crippen LogP contribution in [0, 0.1) is 0 Å². The van der Waals surface area contributed by atoms with E-state index in [2.05, 4.69) is 10.4 Å². The third-order valence-electron chi connectivity index (χ3n) is 2.82. The standard InChI is InChI=1S/C12H16N4O2S/c1-16-12(13)9(8-15-16)7-14-10-5-3-4-6-11(10)19(2,17)18/h3-6,8,14H,7,13H2,1-2H3. The predicted octanol–water partition coefficient (Wildman–Crippen LogP) is 1.02. The fourth-order valence-electron chi connectivity index (χ4n) is 1.76. The molecule has 0 radical (unpaired) electrons. The molecule has 2 rings (SSSR count). The van der Waals surface area contributed by atoms with Gasteiger partial charge in [0.25, 0.3) is 0 Å². The van der Waals surface area contributed by atoms with Gasteiger partial charge in [0.1, 0.15) is 5.82 Å². The summed E-state index contributed by atoms with van der Waals surface area (Å²) in [6, 6.07) is 6.77. The highest BCUT2D eigenvalue weighted by Crippen LogP contribution is 2.22. The van der Waals surface area contributed by atoms with Crippen LogP contribution in [0.2, 0.25) is 0 Å². The van der Waals surface area contributed by atoms with Crippen LogP contribution < -0.4 is 11.1 Å². The summed E-state index contributed by atoms with van der Waals surface area (Å²) in [4.78, 5) is 0.275. The summed E-state index contributed by atoms with van der Waals surface area (Å²) in [5, 5.41) is 7.11. The Morgan fingerprint density at radius 3 is 2.63 bits per heavy atom. The normalized spacial score (nSPS) is 11.5. The second-order valence-corrected chi connectivity index (χ2v) is 6.28. The SMILES string of the molecule is Cn1ncc(CNc2ccccc2S(C)(=O)=O)c1N. The maximum absolute atomic E-state index is 11.7. The summed E-state index contributed by atoms with van der Waals surface area (Å²) >= 11 is 0. The van der Waals surface area contributed by atoms with Crippen molar-refractivity contribution in [1.82, 2.24) is 9.78 Å². The molecule has 2 aromatic rings. The van der Waals surface area contributed by atoms with E-state index in [4.69, 9.17) is 5.73 Å². The lowest BCUT2D eigenvalue weighted by Gasteiger charge is -2.10. The van der Waals surface area contributed by atoms with Crippen molar-refractivity contribution < 1.29 is 8.42 Å². The van der Waals surface area contributed by atoms with E-state index in [-0.39, 0.29) is 4.90 Å². The van der Waals surface area contributed by atoms with Gasteiger partial charge >= 0.3 is 0 Å². The number of nitrogens with two attached hydrogens (primary N) is 1. The Balaban J connectivity index is 2.23. The van der Waals surface area contributed by atoms with E-state index in [0.717, 1.165) is 5.56 Å². The Labute approximate surface area is 112 Å². The van der Waals surface area contributed by atoms with Gasteiger partial charge in [0, 0.05) is 25.4 Å². The zero-order valence-corrected chi connectivity index (χ0v) is 11.6. The lowest BCUT2D eigenvalue weighted by molar-refractivity contribution is 0.602. The van der Waals surface area contributed by atoms with Crippen LogP contribution in [-0.2, 0) is 23.4 Å². The number of anilines is 2. The molecule has 0 spiro atoms. The molecular formula is C12H16N4O2S. The van der Waals surface area contributed by atoms with E-state index >= 15 is 0 Å². The molecule has 19 heavy (non-hydrogen) atoms. The maximum Gasteiger partial charge on any atom is 0.177 e. The van der Waals surface area contributed by atoms with Gasteiger partial charge in [-0.15, -0.1) is 0 Å². The van der Waals surface area contributed by atoms with E-state index < -0.39 is 9.84 Å². The van der Waals surface area contributed by atoms with E-state index in [1.165, 1.54) is 6.26 Å². The number of para-hydroxylation sites is 1. The molecule has 0 atom stereocenters. The van der Waals surface area contributed by atoms with Gasteiger partial charge < -0.3 is 11.1 Å². The number of nitrogen functional groups attached to an aromatic ring is 1. The fourth-order valence-corrected chi connectivity index (χ4v) is 2.62. The maximum atomic E-state index is 11.7. The van der Waals surface area contributed by atoms with Crippen LogP contribution in [0.5, 0.6) is 0 Å². The van der Waals surface area contributed by atoms with Crippen LogP contribution in [0.25, 0.3) is 0 Å². The minimum atomic E-state index is -3.26. The zero-order chi connectivity index (χ0) is 14.0. The van der Waals surface area contributed by atoms with Crippen molar-refractivity contribution in [3.63, 3.8) is 0 Å². The average Bonchev–Trinajstić information content (AvgIpc) is 2.67. The van der Waals surface area contributed by atoms with Crippen LogP contribution in [0.1, 0.15) is 5.56 Å². The first-order valence-electron chi connectivity index (χ1n) is 5.69. The number of sulfone groups is 1. The second kappa shape index (κ2) is 4.93. The molecule has 0 aliphatic heterocycles. The molecule has 0 saturated heterocycles. The summed E-state index contributed by atoms with van der Waals surface area (Å²) < 4.78 is 24.9. The third-order valence-corrected chi connectivity index (χ3v) is 3.98. The van der Waals surface area contributed by atoms with Crippen molar-refractivity contribution in [3.05, 3.63) is 36.0 Å². The minimum Gasteiger partial charge on any atom is -0.384 e. The van der Waals surface area contributed by atoms with Gasteiger partial charge in [0.15, 0.2) is 9.84 Å². The first kappa shape index (κ1) is 13.4. The summed E-state index contributed by atoms with van der Waals surface area (Å²) in [6.07, 6.45) is 2.84. The molecule has 0 saturated carbocycles. The highest BCUT2D eigenvalue weighted by Gasteiger charge is 2.13. The van der Waals surface area contributed by atoms with Crippen LogP contribution in [-0.4, -0.2) is 24.5 Å². The molecule has 6 nitrogen and oxygen atoms in total. The van der Waals surface area contributed by atoms with Crippen LogP contribution in [0.15, 0.2) is 35.4 Å². The van der Waals surface area contributed by atoms with Crippen LogP contribution >= 0.6 is 0 Å². The number of aromatic nitrogens is 2. The van der Waals surface area contributed by atoms with Crippen LogP contribution in [0.4, 0.5) is 11.5 Å². The summed E-state index contributed by atoms with van der Waals surface area (Å²) in [6.45, 7) is 0.423. The lowest BCUT2D eigenvalue weighted by Crippen LogP contribution is -2.07. The molecule has 0 unspecified atom stereocenters. The van der Waals surface area contributed by atoms with E-state index in [1.54, 1.807) is 42.2 Å². The van der Waals surface area contributed by atoms with Crippen LogP contribution in [0.3, 0.4) is 0 Å². The summed E-state index contributed by atoms with van der Waals surface area (Å²) in [5.74, 6) is 0.560. The summed E-state index contributed by atoms with van der Waals surface area (Å²) in [7, 11) is -1.50. The second-order valence-electron chi connectivity index (χ2n) is 4.30. The third kappa shape index (κ3) is 2.87. The van der Waals surface area contributed by atoms with Gasteiger partial charge in [-0.05, 0) is 12.1 Å². The molecule has 1 heterocycles. The molecule has 102 valence electrons. The molecule has 0 aliphatic rings. The fraction of sp³-hybridized carbons (Fsp3) is 0.250. The Morgan fingerprint density at radius 1 is 1.37 bits per heavy atom. The van der Waals surface area contributed by atoms with Crippen molar-refractivity contribution in [2.75, 3.05) is 17.3 Å². The first-order valence-corrected chi connectivity index (χ1v) is 7.58. The molecular weight excluding hydrogens is 264 g/mol. The van der Waals surface area contributed by atoms with Crippen molar-refractivity contribution in [2.45, 2.75) is 11.4 Å². The highest BCUT2D eigenvalue weighted by atomic mass is 32.2. The average molecular weight is 280 g/mol. The number of nitrogens with zero attached hydrogens (tertiary/aromatic N) is 2. The minimum absolute atomic E-state index is 0.275. The number of hydrogen-bond acceptors (Lipinski definition) is 5. The van der Waals surface area contributed by atoms with Crippen molar-refractivity contribution in [1.29, 1.82) is 0 Å². The lowest BCUT2D eigenvalue weighted by atomic mass is 10.3. The molecule has 0 bridgehead atoms. The molecule has 1 aromatic carbocycles. The quantitative estimate of drug-likeness (QED) is 0.872. The molecule has 1 aromatic heterocycles. The number of hydrogen-bond donors (Lipinski definition) is 2. The van der Waals surface area contributed by atoms with Crippen molar-refractivity contribution in [3.8, 4) is 0 Å². The topological polar surface area (TPSA) is 90.0 Å². The molecule has 0 aliphatic carbocycles. The summed E-state index contributed by atoms with van der Waals surface area (Å²) in [5.41, 5.74) is 7.22. The molecule has 0 amide bonds. The number of rotatable bonds is 4. The van der Waals surface area contributed by atoms with Crippen molar-refractivity contribution in [2.24, 2.45) is 7.05 Å². The Hall–Kier alpha value is -2.02. The van der Waals surface area contributed by atoms with Crippen molar-refractivity contribution >= 4 is 21.3 Å². The Kier molecular flexibility index (Phi) is 3.48. The zero-order valence-electron chi connectivity index (χ0n) is 10.8. The molecule has 7 heteroatoms. The molecule has 0 fully saturated rings. The Morgan fingerprint density at radius 2 is 2.05 bits per heavy atom. The number of benzene rings is 1. The van der Waals surface area contributed by atoms with Gasteiger partial charge in [-0.25, -0.2) is 8.42 Å². The van der Waals surface area contributed by atoms with Gasteiger partial charge in [-0.1, -0.05) is 12.1 Å². The highest BCUT2D eigenvalue weighted by molar-refractivity contribution is 7.90. The largest absolute Gasteiger partial charge is 0.384 e. The number of aryl methyl sites for hydroxylation is 1. The van der Waals surface area contributed by atoms with Gasteiger partial charge in [0.05, 0.1) is 16.8 Å². The number of nitrogens with one attached hydrogen (secondary N) is 1. The first-order chi connectivity index (χ1) is 8.89. The smallest absolute Gasteiger partial charge is 0.177 e. The predicted molar refractivity (Wildman–Crippen MR) is 74.5 cm³/mol. The van der Waals surface area contributed by atoms with E-state index in [9.17, 15) is 8.42 Å². The van der Waals surface area contributed by atoms with Gasteiger partial charge in [-0.2, -0.15) is 5.10 Å². The Bertz CT molecular complexity index is 692. The van der Waals surface area contributed by atoms with E-state index in [0.29, 0.717) is 18.1 Å². The van der Waals surface area contributed by atoms with E-state index in [1.807, 2.05) is 0 Å². The monoisotopic (exact) mass is 280 g/mol. The molecule has 3 N–H and O–H groups in total. The van der Waals surface area contributed by atoms with Gasteiger partial charge in [-0.3, -0.25) is 4.68 Å². The van der Waals surface area contributed by atoms with Gasteiger partial charge in [0.2, 0.25) is 0 Å².